The van der Waals surface area contributed by atoms with Crippen LogP contribution < -0.4 is 5.32 Å². The second kappa shape index (κ2) is 6.85. The molecule has 1 heterocycles. The molecule has 1 amide bonds. The summed E-state index contributed by atoms with van der Waals surface area (Å²) in [5.74, 6) is -1.09. The molecule has 1 aromatic carbocycles. The molecule has 6 heteroatoms. The summed E-state index contributed by atoms with van der Waals surface area (Å²) in [6.45, 7) is 0. The van der Waals surface area contributed by atoms with Gasteiger partial charge in [-0.3, -0.25) is 4.79 Å². The molecule has 0 radical (unpaired) electrons. The molecule has 0 atom stereocenters. The largest absolute Gasteiger partial charge is 0.478 e. The van der Waals surface area contributed by atoms with Gasteiger partial charge in [0.1, 0.15) is 5.82 Å². The summed E-state index contributed by atoms with van der Waals surface area (Å²) < 4.78 is 0. The van der Waals surface area contributed by atoms with E-state index < -0.39 is 5.97 Å². The zero-order valence-electron chi connectivity index (χ0n) is 11.0. The Bertz CT molecular complexity index is 673. The van der Waals surface area contributed by atoms with Gasteiger partial charge in [0.05, 0.1) is 5.56 Å². The molecule has 0 fully saturated rings. The lowest BCUT2D eigenvalue weighted by Gasteiger charge is -2.06. The molecule has 5 nitrogen and oxygen atoms in total. The molecule has 108 valence electrons. The van der Waals surface area contributed by atoms with Crippen LogP contribution in [0.4, 0.5) is 5.82 Å². The lowest BCUT2D eigenvalue weighted by molar-refractivity contribution is -0.116. The molecule has 0 aliphatic carbocycles. The third-order valence-electron chi connectivity index (χ3n) is 2.85. The molecule has 0 unspecified atom stereocenters. The van der Waals surface area contributed by atoms with Crippen LogP contribution in [-0.2, 0) is 11.2 Å². The minimum absolute atomic E-state index is 0.0754. The third-order valence-corrected chi connectivity index (χ3v) is 3.22. The first-order valence-corrected chi connectivity index (χ1v) is 6.66. The maximum atomic E-state index is 11.8. The van der Waals surface area contributed by atoms with E-state index in [1.165, 1.54) is 18.3 Å². The average molecular weight is 305 g/mol. The van der Waals surface area contributed by atoms with E-state index in [1.54, 1.807) is 6.07 Å². The lowest BCUT2D eigenvalue weighted by atomic mass is 10.1. The number of carbonyl (C=O) groups excluding carboxylic acids is 1. The number of hydrogen-bond donors (Lipinski definition) is 2. The van der Waals surface area contributed by atoms with E-state index in [2.05, 4.69) is 10.3 Å². The number of amides is 1. The van der Waals surface area contributed by atoms with Crippen molar-refractivity contribution >= 4 is 29.3 Å². The van der Waals surface area contributed by atoms with E-state index >= 15 is 0 Å². The van der Waals surface area contributed by atoms with Crippen molar-refractivity contribution in [3.05, 3.63) is 58.7 Å². The van der Waals surface area contributed by atoms with Crippen molar-refractivity contribution in [2.24, 2.45) is 0 Å². The van der Waals surface area contributed by atoms with Crippen molar-refractivity contribution in [2.45, 2.75) is 12.8 Å². The maximum absolute atomic E-state index is 11.8. The molecule has 0 aliphatic heterocycles. The number of aryl methyl sites for hydroxylation is 1. The van der Waals surface area contributed by atoms with Gasteiger partial charge in [-0.2, -0.15) is 0 Å². The monoisotopic (exact) mass is 304 g/mol. The van der Waals surface area contributed by atoms with Crippen LogP contribution in [0, 0.1) is 0 Å². The van der Waals surface area contributed by atoms with Crippen LogP contribution in [0.2, 0.25) is 5.02 Å². The van der Waals surface area contributed by atoms with Gasteiger partial charge in [-0.25, -0.2) is 9.78 Å². The molecule has 2 aromatic rings. The van der Waals surface area contributed by atoms with Crippen LogP contribution in [0.3, 0.4) is 0 Å². The molecule has 2 rings (SSSR count). The number of anilines is 1. The van der Waals surface area contributed by atoms with Gasteiger partial charge in [0.25, 0.3) is 0 Å². The smallest absolute Gasteiger partial charge is 0.335 e. The van der Waals surface area contributed by atoms with E-state index in [0.717, 1.165) is 5.56 Å². The molecule has 1 aromatic heterocycles. The number of pyridine rings is 1. The van der Waals surface area contributed by atoms with Crippen LogP contribution in [0.15, 0.2) is 42.6 Å². The lowest BCUT2D eigenvalue weighted by Crippen LogP contribution is -2.14. The Morgan fingerprint density at radius 1 is 1.24 bits per heavy atom. The highest BCUT2D eigenvalue weighted by Crippen LogP contribution is 2.17. The van der Waals surface area contributed by atoms with Crippen molar-refractivity contribution in [3.8, 4) is 0 Å². The molecular weight excluding hydrogens is 292 g/mol. The number of hydrogen-bond acceptors (Lipinski definition) is 3. The Kier molecular flexibility index (Phi) is 4.90. The summed E-state index contributed by atoms with van der Waals surface area (Å²) in [4.78, 5) is 26.6. The maximum Gasteiger partial charge on any atom is 0.335 e. The summed E-state index contributed by atoms with van der Waals surface area (Å²) in [5.41, 5.74) is 0.966. The van der Waals surface area contributed by atoms with Crippen molar-refractivity contribution < 1.29 is 14.7 Å². The fraction of sp³-hybridized carbons (Fsp3) is 0.133. The number of carboxylic acids is 1. The van der Waals surface area contributed by atoms with Gasteiger partial charge in [-0.05, 0) is 30.2 Å². The topological polar surface area (TPSA) is 79.3 Å². The Morgan fingerprint density at radius 2 is 2.00 bits per heavy atom. The highest BCUT2D eigenvalue weighted by Gasteiger charge is 2.08. The average Bonchev–Trinajstić information content (AvgIpc) is 2.46. The summed E-state index contributed by atoms with van der Waals surface area (Å²) in [6, 6.07) is 9.99. The van der Waals surface area contributed by atoms with Crippen LogP contribution in [0.25, 0.3) is 0 Å². The number of aromatic carboxylic acids is 1. The van der Waals surface area contributed by atoms with Gasteiger partial charge in [-0.15, -0.1) is 0 Å². The van der Waals surface area contributed by atoms with Gasteiger partial charge in [0, 0.05) is 17.6 Å². The zero-order valence-corrected chi connectivity index (χ0v) is 11.8. The van der Waals surface area contributed by atoms with Gasteiger partial charge < -0.3 is 10.4 Å². The number of carbonyl (C=O) groups is 2. The molecule has 0 saturated carbocycles. The summed E-state index contributed by atoms with van der Waals surface area (Å²) in [6.07, 6.45) is 2.08. The van der Waals surface area contributed by atoms with Crippen molar-refractivity contribution in [1.29, 1.82) is 0 Å². The number of aromatic nitrogens is 1. The quantitative estimate of drug-likeness (QED) is 0.890. The number of halogens is 1. The summed E-state index contributed by atoms with van der Waals surface area (Å²) in [7, 11) is 0. The van der Waals surface area contributed by atoms with Crippen LogP contribution in [-0.4, -0.2) is 22.0 Å². The highest BCUT2D eigenvalue weighted by molar-refractivity contribution is 6.31. The highest BCUT2D eigenvalue weighted by atomic mass is 35.5. The van der Waals surface area contributed by atoms with E-state index in [0.29, 0.717) is 11.4 Å². The van der Waals surface area contributed by atoms with Gasteiger partial charge in [-0.1, -0.05) is 29.8 Å². The first-order valence-electron chi connectivity index (χ1n) is 6.29. The predicted molar refractivity (Wildman–Crippen MR) is 79.6 cm³/mol. The molecule has 0 saturated heterocycles. The molecule has 0 bridgehead atoms. The van der Waals surface area contributed by atoms with Gasteiger partial charge >= 0.3 is 5.97 Å². The second-order valence-corrected chi connectivity index (χ2v) is 4.78. The fourth-order valence-corrected chi connectivity index (χ4v) is 2.02. The third kappa shape index (κ3) is 4.29. The Balaban J connectivity index is 1.95. The summed E-state index contributed by atoms with van der Waals surface area (Å²) in [5, 5.41) is 12.1. The van der Waals surface area contributed by atoms with Crippen LogP contribution >= 0.6 is 11.6 Å². The van der Waals surface area contributed by atoms with Crippen LogP contribution in [0.1, 0.15) is 22.3 Å². The van der Waals surface area contributed by atoms with E-state index in [-0.39, 0.29) is 23.7 Å². The van der Waals surface area contributed by atoms with Crippen molar-refractivity contribution in [2.75, 3.05) is 5.32 Å². The molecular formula is C15H13ClN2O3. The van der Waals surface area contributed by atoms with E-state index in [4.69, 9.17) is 16.7 Å². The number of benzene rings is 1. The minimum Gasteiger partial charge on any atom is -0.478 e. The number of nitrogens with zero attached hydrogens (tertiary/aromatic N) is 1. The van der Waals surface area contributed by atoms with Crippen LogP contribution in [0.5, 0.6) is 0 Å². The Labute approximate surface area is 126 Å². The van der Waals surface area contributed by atoms with Crippen molar-refractivity contribution in [3.63, 3.8) is 0 Å². The normalized spacial score (nSPS) is 10.1. The number of rotatable bonds is 5. The Morgan fingerprint density at radius 3 is 2.71 bits per heavy atom. The first-order chi connectivity index (χ1) is 10.1. The van der Waals surface area contributed by atoms with Gasteiger partial charge in [0.2, 0.25) is 5.91 Å². The second-order valence-electron chi connectivity index (χ2n) is 4.37. The van der Waals surface area contributed by atoms with Gasteiger partial charge in [0.15, 0.2) is 0 Å². The standard InChI is InChI=1S/C15H13ClN2O3/c16-12-4-2-1-3-10(12)5-6-14(19)18-13-9-11(15(20)21)7-8-17-13/h1-4,7-9H,5-6H2,(H,20,21)(H,17,18,19). The predicted octanol–water partition coefficient (Wildman–Crippen LogP) is 3.00. The molecule has 0 spiro atoms. The molecule has 21 heavy (non-hydrogen) atoms. The van der Waals surface area contributed by atoms with E-state index in [9.17, 15) is 9.59 Å². The minimum atomic E-state index is -1.07. The fourth-order valence-electron chi connectivity index (χ4n) is 1.79. The number of nitrogens with one attached hydrogen (secondary N) is 1. The SMILES string of the molecule is O=C(CCc1ccccc1Cl)Nc1cc(C(=O)O)ccn1. The zero-order chi connectivity index (χ0) is 15.2. The van der Waals surface area contributed by atoms with Crippen molar-refractivity contribution in [1.82, 2.24) is 4.98 Å². The summed E-state index contributed by atoms with van der Waals surface area (Å²) >= 11 is 6.01. The van der Waals surface area contributed by atoms with E-state index in [1.807, 2.05) is 18.2 Å². The molecule has 2 N–H and O–H groups in total. The molecule has 0 aliphatic rings. The Hall–Kier alpha value is -2.40. The first kappa shape index (κ1) is 15.0. The number of carboxylic acid groups (broad SMARTS) is 1.